The van der Waals surface area contributed by atoms with E-state index in [-0.39, 0.29) is 11.5 Å². The van der Waals surface area contributed by atoms with Crippen LogP contribution in [-0.2, 0) is 11.3 Å². The second-order valence-electron chi connectivity index (χ2n) is 9.26. The largest absolute Gasteiger partial charge is 0.335 e. The zero-order valence-corrected chi connectivity index (χ0v) is 26.0. The van der Waals surface area contributed by atoms with Gasteiger partial charge in [-0.15, -0.1) is 11.3 Å². The van der Waals surface area contributed by atoms with Crippen molar-refractivity contribution >= 4 is 78.9 Å². The molecule has 0 saturated carbocycles. The molecule has 0 aliphatic carbocycles. The van der Waals surface area contributed by atoms with Gasteiger partial charge in [-0.25, -0.2) is 0 Å². The van der Waals surface area contributed by atoms with Gasteiger partial charge in [-0.3, -0.25) is 19.1 Å². The van der Waals surface area contributed by atoms with E-state index in [1.807, 2.05) is 31.2 Å². The smallest absolute Gasteiger partial charge is 0.269 e. The lowest BCUT2D eigenvalue weighted by Crippen LogP contribution is -2.33. The van der Waals surface area contributed by atoms with Gasteiger partial charge in [0.05, 0.1) is 15.3 Å². The highest BCUT2D eigenvalue weighted by molar-refractivity contribution is 8.30. The molecule has 206 valence electrons. The molecule has 9 heteroatoms. The van der Waals surface area contributed by atoms with E-state index in [1.54, 1.807) is 21.2 Å². The lowest BCUT2D eigenvalue weighted by molar-refractivity contribution is -0.120. The minimum atomic E-state index is -0.110. The van der Waals surface area contributed by atoms with Crippen molar-refractivity contribution in [3.05, 3.63) is 102 Å². The molecule has 2 aliphatic rings. The summed E-state index contributed by atoms with van der Waals surface area (Å²) in [4.78, 5) is 32.4. The Bertz CT molecular complexity index is 1670. The maximum atomic E-state index is 13.6. The van der Waals surface area contributed by atoms with Crippen LogP contribution in [0.15, 0.2) is 76.6 Å². The number of thiocarbonyl (C=S) groups is 1. The monoisotopic (exact) mass is 605 g/mol. The summed E-state index contributed by atoms with van der Waals surface area (Å²) in [6.45, 7) is 8.05. The van der Waals surface area contributed by atoms with Gasteiger partial charge < -0.3 is 4.90 Å². The number of hydrogen-bond donors (Lipinski definition) is 0. The molecule has 1 saturated heterocycles. The van der Waals surface area contributed by atoms with Gasteiger partial charge in [0.1, 0.15) is 13.9 Å². The van der Waals surface area contributed by atoms with E-state index in [2.05, 4.69) is 67.3 Å². The average molecular weight is 606 g/mol. The predicted octanol–water partition coefficient (Wildman–Crippen LogP) is 5.91. The molecule has 2 aromatic carbocycles. The number of aromatic nitrogens is 1. The molecular formula is C31H31N3O2S4. The van der Waals surface area contributed by atoms with Crippen LogP contribution in [0.2, 0.25) is 0 Å². The molecule has 1 aromatic heterocycles. The van der Waals surface area contributed by atoms with Crippen LogP contribution in [0.3, 0.4) is 0 Å². The fourth-order valence-corrected chi connectivity index (χ4v) is 8.58. The maximum absolute atomic E-state index is 13.6. The number of nitrogens with zero attached hydrogens (tertiary/aromatic N) is 3. The van der Waals surface area contributed by atoms with E-state index < -0.39 is 0 Å². The first-order chi connectivity index (χ1) is 19.5. The van der Waals surface area contributed by atoms with Crippen LogP contribution >= 0.6 is 47.1 Å². The molecule has 40 heavy (non-hydrogen) atoms. The number of thioether (sulfide) groups is 2. The molecule has 5 rings (SSSR count). The molecule has 0 spiro atoms. The Morgan fingerprint density at radius 1 is 0.800 bits per heavy atom. The van der Waals surface area contributed by atoms with Crippen LogP contribution in [0.25, 0.3) is 21.6 Å². The van der Waals surface area contributed by atoms with Crippen molar-refractivity contribution in [2.75, 3.05) is 13.1 Å². The zero-order chi connectivity index (χ0) is 28.2. The number of benzene rings is 2. The van der Waals surface area contributed by atoms with Crippen LogP contribution in [0.5, 0.6) is 0 Å². The molecule has 3 aromatic rings. The Balaban J connectivity index is 1.63. The quantitative estimate of drug-likeness (QED) is 0.298. The van der Waals surface area contributed by atoms with Crippen molar-refractivity contribution in [3.8, 4) is 0 Å². The van der Waals surface area contributed by atoms with E-state index in [9.17, 15) is 9.59 Å². The van der Waals surface area contributed by atoms with Gasteiger partial charge >= 0.3 is 0 Å². The van der Waals surface area contributed by atoms with Crippen molar-refractivity contribution in [1.29, 1.82) is 0 Å². The minimum Gasteiger partial charge on any atom is -0.335 e. The highest BCUT2D eigenvalue weighted by atomic mass is 32.2. The molecule has 1 amide bonds. The van der Waals surface area contributed by atoms with E-state index in [4.69, 9.17) is 12.2 Å². The van der Waals surface area contributed by atoms with Crippen LogP contribution < -0.4 is 14.8 Å². The Morgan fingerprint density at radius 2 is 1.45 bits per heavy atom. The maximum Gasteiger partial charge on any atom is 0.269 e. The molecule has 3 heterocycles. The number of carbonyl (C=O) groups excluding carboxylic acids is 1. The van der Waals surface area contributed by atoms with Gasteiger partial charge in [0.15, 0.2) is 0 Å². The standard InChI is InChI=1S/C31H31N3O2S4/c1-4-7-20-34-28(35)23(38-30(34)27-29(36)33(6-3)31(37)40-27)18-19-24-32(5-2)25(21-14-10-8-11-15-21)26(39-24)22-16-12-9-13-17-22/h8-19H,4-7,20H2,1-3H3/b23-18+,24-19-,30-27-. The third-order valence-corrected chi connectivity index (χ3v) is 10.7. The zero-order valence-electron chi connectivity index (χ0n) is 22.8. The van der Waals surface area contributed by atoms with Crippen LogP contribution in [0, 0.1) is 0 Å². The van der Waals surface area contributed by atoms with E-state index in [0.29, 0.717) is 31.5 Å². The molecule has 2 aliphatic heterocycles. The minimum absolute atomic E-state index is 0.0577. The number of hydrogen-bond acceptors (Lipinski definition) is 7. The van der Waals surface area contributed by atoms with Crippen molar-refractivity contribution < 1.29 is 4.79 Å². The number of amides is 1. The van der Waals surface area contributed by atoms with Crippen molar-refractivity contribution in [1.82, 2.24) is 14.4 Å². The SMILES string of the molecule is CCCCn1c(=O)/c(=C\C=C2/SC(c3ccccc3)=C(c3ccccc3)N2CC)s/c1=C1\SC(=S)N(CC)C1=O. The van der Waals surface area contributed by atoms with Crippen LogP contribution in [0.1, 0.15) is 44.7 Å². The fourth-order valence-electron chi connectivity index (χ4n) is 4.71. The molecule has 0 N–H and O–H groups in total. The molecular weight excluding hydrogens is 575 g/mol. The van der Waals surface area contributed by atoms with Crippen LogP contribution in [-0.4, -0.2) is 37.7 Å². The van der Waals surface area contributed by atoms with E-state index in [0.717, 1.165) is 35.5 Å². The summed E-state index contributed by atoms with van der Waals surface area (Å²) in [5.74, 6) is -0.110. The predicted molar refractivity (Wildman–Crippen MR) is 176 cm³/mol. The Morgan fingerprint density at radius 3 is 2.05 bits per heavy atom. The summed E-state index contributed by atoms with van der Waals surface area (Å²) in [5.41, 5.74) is 3.43. The second-order valence-corrected chi connectivity index (χ2v) is 13.0. The van der Waals surface area contributed by atoms with E-state index in [1.165, 1.54) is 33.7 Å². The van der Waals surface area contributed by atoms with Crippen molar-refractivity contribution in [2.24, 2.45) is 0 Å². The summed E-state index contributed by atoms with van der Waals surface area (Å²) in [6, 6.07) is 20.9. The third kappa shape index (κ3) is 5.52. The Labute approximate surface area is 252 Å². The van der Waals surface area contributed by atoms with Crippen molar-refractivity contribution in [3.63, 3.8) is 0 Å². The molecule has 0 unspecified atom stereocenters. The number of rotatable bonds is 8. The second kappa shape index (κ2) is 12.8. The van der Waals surface area contributed by atoms with Gasteiger partial charge in [-0.05, 0) is 43.5 Å². The first-order valence-corrected chi connectivity index (χ1v) is 16.3. The van der Waals surface area contributed by atoms with Gasteiger partial charge in [0.25, 0.3) is 11.5 Å². The van der Waals surface area contributed by atoms with Gasteiger partial charge in [0.2, 0.25) is 0 Å². The van der Waals surface area contributed by atoms with Crippen molar-refractivity contribution in [2.45, 2.75) is 40.2 Å². The molecule has 0 bridgehead atoms. The topological polar surface area (TPSA) is 45.6 Å². The molecule has 5 nitrogen and oxygen atoms in total. The van der Waals surface area contributed by atoms with Crippen LogP contribution in [0.4, 0.5) is 0 Å². The summed E-state index contributed by atoms with van der Waals surface area (Å²) in [5, 5.41) is 1.06. The number of carbonyl (C=O) groups is 1. The number of allylic oxidation sites excluding steroid dienone is 1. The normalized spacial score (nSPS) is 18.7. The fraction of sp³-hybridized carbons (Fsp3) is 0.258. The Kier molecular flexibility index (Phi) is 9.15. The molecule has 0 radical (unpaired) electrons. The third-order valence-electron chi connectivity index (χ3n) is 6.74. The first kappa shape index (κ1) is 28.7. The average Bonchev–Trinajstić information content (AvgIpc) is 3.61. The number of thiazole rings is 1. The highest BCUT2D eigenvalue weighted by Gasteiger charge is 2.33. The summed E-state index contributed by atoms with van der Waals surface area (Å²) >= 11 is 9.86. The summed E-state index contributed by atoms with van der Waals surface area (Å²) in [6.07, 6.45) is 5.79. The Hall–Kier alpha value is -2.85. The van der Waals surface area contributed by atoms with Gasteiger partial charge in [-0.2, -0.15) is 0 Å². The first-order valence-electron chi connectivity index (χ1n) is 13.5. The highest BCUT2D eigenvalue weighted by Crippen LogP contribution is 2.50. The summed E-state index contributed by atoms with van der Waals surface area (Å²) < 4.78 is 3.64. The molecule has 1 fully saturated rings. The number of unbranched alkanes of at least 4 members (excludes halogenated alkanes) is 1. The molecule has 0 atom stereocenters. The lowest BCUT2D eigenvalue weighted by atomic mass is 10.1. The lowest BCUT2D eigenvalue weighted by Gasteiger charge is -2.21. The van der Waals surface area contributed by atoms with Gasteiger partial charge in [-0.1, -0.05) is 110 Å². The summed E-state index contributed by atoms with van der Waals surface area (Å²) in [7, 11) is 0. The van der Waals surface area contributed by atoms with Gasteiger partial charge in [0, 0.05) is 24.5 Å². The van der Waals surface area contributed by atoms with E-state index >= 15 is 0 Å².